The van der Waals surface area contributed by atoms with Crippen molar-refractivity contribution >= 4 is 5.91 Å². The minimum atomic E-state index is -0.421. The molecule has 0 rings (SSSR count). The molecule has 1 amide bonds. The van der Waals surface area contributed by atoms with Gasteiger partial charge in [0.2, 0.25) is 5.91 Å². The molecule has 0 aromatic heterocycles. The van der Waals surface area contributed by atoms with E-state index in [9.17, 15) is 4.79 Å². The molecular weight excluding hydrogens is 240 g/mol. The summed E-state index contributed by atoms with van der Waals surface area (Å²) in [6, 6.07) is 0. The van der Waals surface area contributed by atoms with Gasteiger partial charge in [-0.2, -0.15) is 0 Å². The van der Waals surface area contributed by atoms with Crippen molar-refractivity contribution in [3.8, 4) is 0 Å². The van der Waals surface area contributed by atoms with Crippen LogP contribution in [0.2, 0.25) is 0 Å². The van der Waals surface area contributed by atoms with E-state index < -0.39 is 5.41 Å². The molecule has 0 heterocycles. The molecule has 0 bridgehead atoms. The molecule has 4 heteroatoms. The predicted molar refractivity (Wildman–Crippen MR) is 79.8 cm³/mol. The van der Waals surface area contributed by atoms with Crippen LogP contribution in [0, 0.1) is 5.41 Å². The summed E-state index contributed by atoms with van der Waals surface area (Å²) in [5.74, 6) is -0.210. The Kier molecular flexibility index (Phi) is 8.26. The van der Waals surface area contributed by atoms with Gasteiger partial charge in [-0.25, -0.2) is 0 Å². The van der Waals surface area contributed by atoms with E-state index in [0.717, 1.165) is 32.1 Å². The minimum Gasteiger partial charge on any atom is -0.375 e. The van der Waals surface area contributed by atoms with Crippen molar-refractivity contribution in [1.82, 2.24) is 0 Å². The van der Waals surface area contributed by atoms with Gasteiger partial charge in [0.15, 0.2) is 0 Å². The van der Waals surface area contributed by atoms with Crippen LogP contribution < -0.4 is 11.5 Å². The maximum absolute atomic E-state index is 11.7. The molecular formula is C15H32N2O2. The molecule has 114 valence electrons. The van der Waals surface area contributed by atoms with Crippen LogP contribution in [0.1, 0.15) is 66.2 Å². The summed E-state index contributed by atoms with van der Waals surface area (Å²) >= 11 is 0. The molecule has 0 aromatic carbocycles. The van der Waals surface area contributed by atoms with Crippen LogP contribution in [-0.2, 0) is 9.53 Å². The van der Waals surface area contributed by atoms with Crippen molar-refractivity contribution in [3.63, 3.8) is 0 Å². The molecule has 0 atom stereocenters. The van der Waals surface area contributed by atoms with E-state index in [2.05, 4.69) is 13.8 Å². The summed E-state index contributed by atoms with van der Waals surface area (Å²) in [6.45, 7) is 9.48. The first-order chi connectivity index (χ1) is 8.95. The lowest BCUT2D eigenvalue weighted by Crippen LogP contribution is -2.39. The summed E-state index contributed by atoms with van der Waals surface area (Å²) in [4.78, 5) is 11.7. The Morgan fingerprint density at radius 3 is 1.84 bits per heavy atom. The molecule has 4 nitrogen and oxygen atoms in total. The molecule has 0 aliphatic rings. The van der Waals surface area contributed by atoms with Crippen LogP contribution in [0.5, 0.6) is 0 Å². The monoisotopic (exact) mass is 272 g/mol. The summed E-state index contributed by atoms with van der Waals surface area (Å²) in [6.07, 6.45) is 4.99. The normalized spacial score (nSPS) is 12.7. The lowest BCUT2D eigenvalue weighted by molar-refractivity contribution is -0.131. The number of carbonyl (C=O) groups excluding carboxylic acids is 1. The quantitative estimate of drug-likeness (QED) is 0.607. The number of primary amides is 1. The molecule has 0 aromatic rings. The molecule has 19 heavy (non-hydrogen) atoms. The van der Waals surface area contributed by atoms with Crippen molar-refractivity contribution in [2.75, 3.05) is 13.2 Å². The summed E-state index contributed by atoms with van der Waals surface area (Å²) in [5.41, 5.74) is 10.7. The van der Waals surface area contributed by atoms with Crippen molar-refractivity contribution in [3.05, 3.63) is 0 Å². The fraction of sp³-hybridized carbons (Fsp3) is 0.933. The zero-order valence-corrected chi connectivity index (χ0v) is 13.1. The van der Waals surface area contributed by atoms with E-state index in [1.54, 1.807) is 0 Å². The number of amides is 1. The first-order valence-corrected chi connectivity index (χ1v) is 7.59. The summed E-state index contributed by atoms with van der Waals surface area (Å²) in [5, 5.41) is 0. The first kappa shape index (κ1) is 18.4. The number of rotatable bonds is 11. The van der Waals surface area contributed by atoms with Crippen LogP contribution in [-0.4, -0.2) is 24.7 Å². The standard InChI is InChI=1S/C15H32N2O2/c1-5-14(6-2,13(17)18)10-12-19-15(7-3,8-4)9-11-16/h5-12,16H2,1-4H3,(H2,17,18). The molecule has 0 spiro atoms. The van der Waals surface area contributed by atoms with Crippen molar-refractivity contribution in [1.29, 1.82) is 0 Å². The average Bonchev–Trinajstić information content (AvgIpc) is 2.42. The Hall–Kier alpha value is -0.610. The van der Waals surface area contributed by atoms with Crippen molar-refractivity contribution in [2.24, 2.45) is 16.9 Å². The topological polar surface area (TPSA) is 78.3 Å². The highest BCUT2D eigenvalue weighted by Crippen LogP contribution is 2.32. The number of ether oxygens (including phenoxy) is 1. The second kappa shape index (κ2) is 8.54. The van der Waals surface area contributed by atoms with E-state index in [0.29, 0.717) is 19.6 Å². The summed E-state index contributed by atoms with van der Waals surface area (Å²) in [7, 11) is 0. The third-order valence-corrected chi connectivity index (χ3v) is 4.75. The maximum atomic E-state index is 11.7. The zero-order chi connectivity index (χ0) is 14.9. The van der Waals surface area contributed by atoms with Crippen LogP contribution in [0.4, 0.5) is 0 Å². The minimum absolute atomic E-state index is 0.139. The fourth-order valence-corrected chi connectivity index (χ4v) is 2.68. The molecule has 0 aliphatic carbocycles. The van der Waals surface area contributed by atoms with E-state index >= 15 is 0 Å². The summed E-state index contributed by atoms with van der Waals surface area (Å²) < 4.78 is 6.09. The maximum Gasteiger partial charge on any atom is 0.223 e. The molecule has 0 aliphatic heterocycles. The second-order valence-electron chi connectivity index (χ2n) is 5.38. The largest absolute Gasteiger partial charge is 0.375 e. The number of hydrogen-bond donors (Lipinski definition) is 2. The molecule has 0 saturated heterocycles. The van der Waals surface area contributed by atoms with E-state index in [1.165, 1.54) is 0 Å². The highest BCUT2D eigenvalue weighted by molar-refractivity contribution is 5.80. The van der Waals surface area contributed by atoms with Crippen LogP contribution in [0.3, 0.4) is 0 Å². The van der Waals surface area contributed by atoms with Gasteiger partial charge < -0.3 is 16.2 Å². The number of carbonyl (C=O) groups is 1. The van der Waals surface area contributed by atoms with Crippen LogP contribution in [0.15, 0.2) is 0 Å². The molecule has 0 radical (unpaired) electrons. The number of hydrogen-bond acceptors (Lipinski definition) is 3. The smallest absolute Gasteiger partial charge is 0.223 e. The Balaban J connectivity index is 4.57. The Morgan fingerprint density at radius 2 is 1.53 bits per heavy atom. The molecule has 0 fully saturated rings. The predicted octanol–water partition coefficient (Wildman–Crippen LogP) is 2.59. The lowest BCUT2D eigenvalue weighted by atomic mass is 9.78. The Labute approximate surface area is 118 Å². The van der Waals surface area contributed by atoms with Gasteiger partial charge in [-0.15, -0.1) is 0 Å². The van der Waals surface area contributed by atoms with Gasteiger partial charge in [-0.1, -0.05) is 27.7 Å². The zero-order valence-electron chi connectivity index (χ0n) is 13.1. The fourth-order valence-electron chi connectivity index (χ4n) is 2.68. The van der Waals surface area contributed by atoms with Gasteiger partial charge in [0.25, 0.3) is 0 Å². The first-order valence-electron chi connectivity index (χ1n) is 7.59. The highest BCUT2D eigenvalue weighted by Gasteiger charge is 2.34. The van der Waals surface area contributed by atoms with Gasteiger partial charge in [0, 0.05) is 6.61 Å². The molecule has 4 N–H and O–H groups in total. The number of nitrogens with two attached hydrogens (primary N) is 2. The third-order valence-electron chi connectivity index (χ3n) is 4.75. The second-order valence-corrected chi connectivity index (χ2v) is 5.38. The Morgan fingerprint density at radius 1 is 1.00 bits per heavy atom. The van der Waals surface area contributed by atoms with Crippen molar-refractivity contribution in [2.45, 2.75) is 71.8 Å². The van der Waals surface area contributed by atoms with E-state index in [4.69, 9.17) is 16.2 Å². The average molecular weight is 272 g/mol. The Bertz CT molecular complexity index is 259. The molecule has 0 unspecified atom stereocenters. The van der Waals surface area contributed by atoms with Gasteiger partial charge >= 0.3 is 0 Å². The third kappa shape index (κ3) is 4.77. The highest BCUT2D eigenvalue weighted by atomic mass is 16.5. The van der Waals surface area contributed by atoms with E-state index in [1.807, 2.05) is 13.8 Å². The van der Waals surface area contributed by atoms with Gasteiger partial charge in [-0.05, 0) is 45.1 Å². The van der Waals surface area contributed by atoms with E-state index in [-0.39, 0.29) is 11.5 Å². The van der Waals surface area contributed by atoms with Crippen molar-refractivity contribution < 1.29 is 9.53 Å². The van der Waals surface area contributed by atoms with Gasteiger partial charge in [0.05, 0.1) is 11.0 Å². The van der Waals surface area contributed by atoms with Gasteiger partial charge in [-0.3, -0.25) is 4.79 Å². The van der Waals surface area contributed by atoms with Crippen LogP contribution in [0.25, 0.3) is 0 Å². The lowest BCUT2D eigenvalue weighted by Gasteiger charge is -2.34. The van der Waals surface area contributed by atoms with Crippen LogP contribution >= 0.6 is 0 Å². The molecule has 0 saturated carbocycles. The SMILES string of the molecule is CCC(CC)(CCN)OCCC(CC)(CC)C(N)=O. The van der Waals surface area contributed by atoms with Gasteiger partial charge in [0.1, 0.15) is 0 Å².